The molecule has 0 aliphatic carbocycles. The monoisotopic (exact) mass is 525 g/mol. The zero-order chi connectivity index (χ0) is 28.3. The van der Waals surface area contributed by atoms with E-state index in [1.807, 2.05) is 10.6 Å². The second kappa shape index (κ2) is 14.0. The smallest absolute Gasteiger partial charge is 0.326 e. The molecule has 0 aliphatic heterocycles. The highest BCUT2D eigenvalue weighted by atomic mass is 16.4. The molecule has 1 aromatic rings. The number of carbonyl (C=O) groups excluding carboxylic acids is 4. The molecule has 0 fully saturated rings. The third kappa shape index (κ3) is 11.0. The summed E-state index contributed by atoms with van der Waals surface area (Å²) in [6.07, 6.45) is -2.87. The van der Waals surface area contributed by atoms with E-state index in [0.717, 1.165) is 0 Å². The Morgan fingerprint density at radius 1 is 0.703 bits per heavy atom. The maximum atomic E-state index is 12.7. The number of carbonyl (C=O) groups is 7. The molecule has 0 saturated heterocycles. The summed E-state index contributed by atoms with van der Waals surface area (Å²) < 4.78 is 0. The van der Waals surface area contributed by atoms with Crippen molar-refractivity contribution >= 4 is 41.5 Å². The zero-order valence-corrected chi connectivity index (χ0v) is 19.2. The van der Waals surface area contributed by atoms with E-state index in [1.54, 1.807) is 0 Å². The molecule has 0 radical (unpaired) electrons. The largest absolute Gasteiger partial charge is 0.508 e. The normalized spacial score (nSPS) is 13.8. The van der Waals surface area contributed by atoms with E-state index in [9.17, 15) is 38.7 Å². The Morgan fingerprint density at radius 3 is 1.59 bits per heavy atom. The predicted octanol–water partition coefficient (Wildman–Crippen LogP) is -3.37. The molecule has 0 bridgehead atoms. The maximum absolute atomic E-state index is 12.7. The number of hydrogen-bond acceptors (Lipinski definition) is 9. The van der Waals surface area contributed by atoms with E-state index in [-0.39, 0.29) is 12.2 Å². The molecule has 1 rings (SSSR count). The Morgan fingerprint density at radius 2 is 1.14 bits per heavy atom. The highest BCUT2D eigenvalue weighted by Gasteiger charge is 2.32. The maximum Gasteiger partial charge on any atom is 0.326 e. The van der Waals surface area contributed by atoms with Crippen LogP contribution >= 0.6 is 0 Å². The molecule has 0 aromatic heterocycles. The Bertz CT molecular complexity index is 1040. The first kappa shape index (κ1) is 30.3. The van der Waals surface area contributed by atoms with E-state index in [1.165, 1.54) is 24.3 Å². The molecule has 0 saturated carbocycles. The van der Waals surface area contributed by atoms with Crippen molar-refractivity contribution in [3.8, 4) is 5.75 Å². The minimum Gasteiger partial charge on any atom is -0.508 e. The van der Waals surface area contributed by atoms with Crippen molar-refractivity contribution in [2.75, 3.05) is 0 Å². The van der Waals surface area contributed by atoms with Gasteiger partial charge >= 0.3 is 17.9 Å². The average molecular weight is 525 g/mol. The van der Waals surface area contributed by atoms with E-state index >= 15 is 0 Å². The molecule has 16 nitrogen and oxygen atoms in total. The van der Waals surface area contributed by atoms with Crippen LogP contribution in [-0.4, -0.2) is 86.1 Å². The Balaban J connectivity index is 2.99. The van der Waals surface area contributed by atoms with Crippen molar-refractivity contribution in [1.82, 2.24) is 16.0 Å². The molecular formula is C21H27N5O11. The van der Waals surface area contributed by atoms with Crippen molar-refractivity contribution in [2.24, 2.45) is 11.5 Å². The van der Waals surface area contributed by atoms with E-state index in [4.69, 9.17) is 26.8 Å². The van der Waals surface area contributed by atoms with Crippen LogP contribution < -0.4 is 27.4 Å². The molecule has 4 unspecified atom stereocenters. The van der Waals surface area contributed by atoms with Gasteiger partial charge in [-0.2, -0.15) is 0 Å². The van der Waals surface area contributed by atoms with Gasteiger partial charge in [-0.1, -0.05) is 12.1 Å². The second-order valence-electron chi connectivity index (χ2n) is 7.86. The zero-order valence-electron chi connectivity index (χ0n) is 19.2. The summed E-state index contributed by atoms with van der Waals surface area (Å²) in [7, 11) is 0. The number of nitrogens with two attached hydrogens (primary N) is 2. The molecule has 0 heterocycles. The summed E-state index contributed by atoms with van der Waals surface area (Å²) in [5, 5.41) is 42.3. The number of carboxylic acids is 3. The molecule has 37 heavy (non-hydrogen) atoms. The summed E-state index contributed by atoms with van der Waals surface area (Å²) in [4.78, 5) is 82.4. The Kier molecular flexibility index (Phi) is 11.4. The Labute approximate surface area is 209 Å². The van der Waals surface area contributed by atoms with Gasteiger partial charge in [0, 0.05) is 0 Å². The fourth-order valence-corrected chi connectivity index (χ4v) is 2.97. The first-order valence-electron chi connectivity index (χ1n) is 10.6. The highest BCUT2D eigenvalue weighted by molar-refractivity contribution is 5.97. The van der Waals surface area contributed by atoms with Crippen LogP contribution in [0.2, 0.25) is 0 Å². The molecule has 4 amide bonds. The highest BCUT2D eigenvalue weighted by Crippen LogP contribution is 2.11. The van der Waals surface area contributed by atoms with Gasteiger partial charge in [-0.3, -0.25) is 28.8 Å². The van der Waals surface area contributed by atoms with Crippen LogP contribution in [0.1, 0.15) is 24.8 Å². The second-order valence-corrected chi connectivity index (χ2v) is 7.86. The quantitative estimate of drug-likeness (QED) is 0.108. The molecule has 0 spiro atoms. The summed E-state index contributed by atoms with van der Waals surface area (Å²) in [6.45, 7) is 0. The number of rotatable bonds is 15. The summed E-state index contributed by atoms with van der Waals surface area (Å²) in [6, 6.07) is -1.05. The SMILES string of the molecule is NC(=O)CC(NC(=O)C(CC(=O)O)NC(=O)C(N)Cc1ccc(O)cc1)C(=O)NC(CC(=O)O)C(=O)O. The van der Waals surface area contributed by atoms with E-state index in [0.29, 0.717) is 5.56 Å². The van der Waals surface area contributed by atoms with Crippen molar-refractivity contribution in [3.05, 3.63) is 29.8 Å². The minimum atomic E-state index is -1.91. The molecule has 1 aromatic carbocycles. The third-order valence-electron chi connectivity index (χ3n) is 4.77. The number of primary amides is 1. The van der Waals surface area contributed by atoms with Gasteiger partial charge in [0.15, 0.2) is 0 Å². The number of amides is 4. The van der Waals surface area contributed by atoms with Gasteiger partial charge in [0.05, 0.1) is 25.3 Å². The molecule has 11 N–H and O–H groups in total. The van der Waals surface area contributed by atoms with E-state index < -0.39 is 85.0 Å². The lowest BCUT2D eigenvalue weighted by Gasteiger charge is -2.24. The number of benzene rings is 1. The van der Waals surface area contributed by atoms with Gasteiger partial charge in [0.1, 0.15) is 23.9 Å². The molecule has 202 valence electrons. The lowest BCUT2D eigenvalue weighted by Crippen LogP contribution is -2.58. The number of nitrogens with one attached hydrogen (secondary N) is 3. The van der Waals surface area contributed by atoms with Crippen LogP contribution in [0.4, 0.5) is 0 Å². The van der Waals surface area contributed by atoms with Gasteiger partial charge in [0.2, 0.25) is 23.6 Å². The molecule has 16 heteroatoms. The minimum absolute atomic E-state index is 0.0212. The van der Waals surface area contributed by atoms with Crippen molar-refractivity contribution in [2.45, 2.75) is 49.9 Å². The first-order valence-corrected chi connectivity index (χ1v) is 10.6. The van der Waals surface area contributed by atoms with Crippen molar-refractivity contribution in [1.29, 1.82) is 0 Å². The third-order valence-corrected chi connectivity index (χ3v) is 4.77. The van der Waals surface area contributed by atoms with Gasteiger partial charge < -0.3 is 47.8 Å². The Hall–Kier alpha value is -4.73. The van der Waals surface area contributed by atoms with Crippen LogP contribution in [0.25, 0.3) is 0 Å². The fraction of sp³-hybridized carbons (Fsp3) is 0.381. The standard InChI is InChI=1S/C21H27N5O11/c22-11(5-9-1-3-10(27)4-2-9)18(33)24-13(7-16(29)30)20(35)25-12(6-15(23)28)19(34)26-14(21(36)37)8-17(31)32/h1-4,11-14,27H,5-8,22H2,(H2,23,28)(H,24,33)(H,25,35)(H,26,34)(H,29,30)(H,31,32)(H,36,37). The van der Waals surface area contributed by atoms with Crippen molar-refractivity contribution in [3.63, 3.8) is 0 Å². The molecule has 0 aliphatic rings. The van der Waals surface area contributed by atoms with Crippen LogP contribution in [-0.2, 0) is 40.0 Å². The lowest BCUT2D eigenvalue weighted by molar-refractivity contribution is -0.147. The van der Waals surface area contributed by atoms with Crippen LogP contribution in [0.15, 0.2) is 24.3 Å². The summed E-state index contributed by atoms with van der Waals surface area (Å²) in [5.41, 5.74) is 11.4. The van der Waals surface area contributed by atoms with Crippen LogP contribution in [0.3, 0.4) is 0 Å². The van der Waals surface area contributed by atoms with Gasteiger partial charge in [-0.25, -0.2) is 4.79 Å². The number of phenols is 1. The van der Waals surface area contributed by atoms with Gasteiger partial charge in [0.25, 0.3) is 0 Å². The topological polar surface area (TPSA) is 289 Å². The van der Waals surface area contributed by atoms with E-state index in [2.05, 4.69) is 5.32 Å². The number of aromatic hydroxyl groups is 1. The average Bonchev–Trinajstić information content (AvgIpc) is 2.78. The first-order chi connectivity index (χ1) is 17.2. The molecular weight excluding hydrogens is 498 g/mol. The fourth-order valence-electron chi connectivity index (χ4n) is 2.97. The summed E-state index contributed by atoms with van der Waals surface area (Å²) in [5.74, 6) is -9.37. The number of carboxylic acid groups (broad SMARTS) is 3. The number of aliphatic carboxylic acids is 3. The van der Waals surface area contributed by atoms with Crippen molar-refractivity contribution < 1.29 is 54.0 Å². The summed E-state index contributed by atoms with van der Waals surface area (Å²) >= 11 is 0. The number of phenolic OH excluding ortho intramolecular Hbond substituents is 1. The van der Waals surface area contributed by atoms with Gasteiger partial charge in [-0.15, -0.1) is 0 Å². The van der Waals surface area contributed by atoms with Crippen LogP contribution in [0.5, 0.6) is 5.75 Å². The van der Waals surface area contributed by atoms with Gasteiger partial charge in [-0.05, 0) is 24.1 Å². The van der Waals surface area contributed by atoms with Crippen LogP contribution in [0, 0.1) is 0 Å². The number of hydrogen-bond donors (Lipinski definition) is 9. The lowest BCUT2D eigenvalue weighted by atomic mass is 10.0. The predicted molar refractivity (Wildman–Crippen MR) is 122 cm³/mol. The molecule has 4 atom stereocenters.